The third-order valence-electron chi connectivity index (χ3n) is 2.88. The van der Waals surface area contributed by atoms with Gasteiger partial charge in [0.25, 0.3) is 0 Å². The van der Waals surface area contributed by atoms with Crippen molar-refractivity contribution in [3.63, 3.8) is 0 Å². The van der Waals surface area contributed by atoms with Crippen LogP contribution in [-0.4, -0.2) is 32.2 Å². The Balaban J connectivity index is 2.67. The highest BCUT2D eigenvalue weighted by molar-refractivity contribution is 6.26. The molecule has 0 saturated heterocycles. The summed E-state index contributed by atoms with van der Waals surface area (Å²) in [6, 6.07) is 0. The first-order valence-electron chi connectivity index (χ1n) is 6.70. The summed E-state index contributed by atoms with van der Waals surface area (Å²) < 4.78 is 16.0. The van der Waals surface area contributed by atoms with E-state index in [1.165, 1.54) is 5.54 Å². The van der Waals surface area contributed by atoms with E-state index in [0.29, 0.717) is 31.0 Å². The van der Waals surface area contributed by atoms with Crippen molar-refractivity contribution in [2.75, 3.05) is 20.3 Å². The van der Waals surface area contributed by atoms with Crippen molar-refractivity contribution < 1.29 is 19.0 Å². The summed E-state index contributed by atoms with van der Waals surface area (Å²) in [4.78, 5) is 12.0. The second kappa shape index (κ2) is 9.61. The quantitative estimate of drug-likeness (QED) is 0.509. The van der Waals surface area contributed by atoms with Gasteiger partial charge in [-0.1, -0.05) is 18.5 Å². The molecule has 0 amide bonds. The van der Waals surface area contributed by atoms with Crippen LogP contribution in [-0.2, 0) is 19.0 Å². The van der Waals surface area contributed by atoms with Crippen LogP contribution in [0.1, 0.15) is 26.2 Å². The van der Waals surface area contributed by atoms with E-state index in [1.807, 2.05) is 6.92 Å². The van der Waals surface area contributed by atoms with Crippen LogP contribution in [0.4, 0.5) is 0 Å². The Kier molecular flexibility index (Phi) is 8.07. The van der Waals surface area contributed by atoms with E-state index < -0.39 is 0 Å². The molecular weight excluding hydrogens is 280 g/mol. The van der Waals surface area contributed by atoms with Gasteiger partial charge in [0, 0.05) is 38.2 Å². The Morgan fingerprint density at radius 3 is 2.85 bits per heavy atom. The molecule has 0 radical (unpaired) electrons. The molecular formula is C15H21ClO4. The topological polar surface area (TPSA) is 44.8 Å². The van der Waals surface area contributed by atoms with Gasteiger partial charge < -0.3 is 14.2 Å². The Bertz CT molecular complexity index is 399. The lowest BCUT2D eigenvalue weighted by Gasteiger charge is -2.24. The average molecular weight is 301 g/mol. The fraction of sp³-hybridized carbons (Fsp3) is 0.533. The van der Waals surface area contributed by atoms with Crippen molar-refractivity contribution in [2.45, 2.75) is 32.3 Å². The molecule has 1 rings (SSSR count). The number of hydrogen-bond donors (Lipinski definition) is 0. The Morgan fingerprint density at radius 2 is 2.20 bits per heavy atom. The van der Waals surface area contributed by atoms with Gasteiger partial charge in [-0.05, 0) is 12.5 Å². The second-order valence-corrected chi connectivity index (χ2v) is 4.62. The van der Waals surface area contributed by atoms with E-state index in [1.54, 1.807) is 25.5 Å². The molecule has 20 heavy (non-hydrogen) atoms. The molecule has 1 unspecified atom stereocenters. The molecule has 1 heterocycles. The summed E-state index contributed by atoms with van der Waals surface area (Å²) in [6.07, 6.45) is 6.67. The first-order chi connectivity index (χ1) is 9.72. The van der Waals surface area contributed by atoms with Crippen molar-refractivity contribution in [3.8, 4) is 0 Å². The predicted octanol–water partition coefficient (Wildman–Crippen LogP) is 3.33. The lowest BCUT2D eigenvalue weighted by Crippen LogP contribution is -2.24. The minimum atomic E-state index is -0.0804. The van der Waals surface area contributed by atoms with Gasteiger partial charge in [0.05, 0.1) is 18.4 Å². The number of carbonyl (C=O) groups excluding carboxylic acids is 1. The molecule has 1 atom stereocenters. The highest BCUT2D eigenvalue weighted by Crippen LogP contribution is 2.24. The molecule has 0 aliphatic carbocycles. The number of hydrogen-bond acceptors (Lipinski definition) is 4. The van der Waals surface area contributed by atoms with Crippen LogP contribution in [0.15, 0.2) is 35.3 Å². The van der Waals surface area contributed by atoms with Gasteiger partial charge in [0.15, 0.2) is 5.78 Å². The van der Waals surface area contributed by atoms with Crippen LogP contribution >= 0.6 is 11.6 Å². The molecule has 0 N–H and O–H groups in total. The maximum Gasteiger partial charge on any atom is 0.170 e. The van der Waals surface area contributed by atoms with Gasteiger partial charge in [-0.3, -0.25) is 4.79 Å². The molecule has 1 aliphatic rings. The second-order valence-electron chi connectivity index (χ2n) is 4.37. The zero-order valence-corrected chi connectivity index (χ0v) is 12.7. The fourth-order valence-corrected chi connectivity index (χ4v) is 1.92. The van der Waals surface area contributed by atoms with Crippen LogP contribution in [0.5, 0.6) is 0 Å². The Hall–Kier alpha value is -1.26. The highest BCUT2D eigenvalue weighted by atomic mass is 35.5. The summed E-state index contributed by atoms with van der Waals surface area (Å²) in [6.45, 7) is 3.20. The number of ketones is 1. The Labute approximate surface area is 125 Å². The van der Waals surface area contributed by atoms with E-state index in [4.69, 9.17) is 25.8 Å². The molecule has 1 aliphatic heterocycles. The van der Waals surface area contributed by atoms with E-state index in [2.05, 4.69) is 0 Å². The number of methoxy groups -OCH3 is 1. The number of allylic oxidation sites excluding steroid dienone is 3. The number of ether oxygens (including phenoxy) is 3. The van der Waals surface area contributed by atoms with Crippen molar-refractivity contribution in [2.24, 2.45) is 0 Å². The molecule has 5 heteroatoms. The zero-order chi connectivity index (χ0) is 14.8. The summed E-state index contributed by atoms with van der Waals surface area (Å²) in [7, 11) is 1.65. The smallest absolute Gasteiger partial charge is 0.170 e. The summed E-state index contributed by atoms with van der Waals surface area (Å²) >= 11 is 5.56. The summed E-state index contributed by atoms with van der Waals surface area (Å²) in [5.41, 5.74) is 1.80. The lowest BCUT2D eigenvalue weighted by atomic mass is 9.99. The van der Waals surface area contributed by atoms with Crippen LogP contribution in [0.3, 0.4) is 0 Å². The van der Waals surface area contributed by atoms with Gasteiger partial charge >= 0.3 is 0 Å². The minimum absolute atomic E-state index is 0.0408. The number of Topliss-reactive ketones (excluding diaryl/α,β-unsaturated/α-hetero) is 1. The largest absolute Gasteiger partial charge is 0.501 e. The van der Waals surface area contributed by atoms with E-state index >= 15 is 0 Å². The lowest BCUT2D eigenvalue weighted by molar-refractivity contribution is -0.119. The molecule has 0 fully saturated rings. The third-order valence-corrected chi connectivity index (χ3v) is 3.01. The molecule has 112 valence electrons. The van der Waals surface area contributed by atoms with Gasteiger partial charge in [-0.25, -0.2) is 0 Å². The predicted molar refractivity (Wildman–Crippen MR) is 78.4 cm³/mol. The summed E-state index contributed by atoms with van der Waals surface area (Å²) in [5.74, 6) is 0.552. The molecule has 4 nitrogen and oxygen atoms in total. The third kappa shape index (κ3) is 5.39. The van der Waals surface area contributed by atoms with Crippen LogP contribution in [0.2, 0.25) is 0 Å². The molecule has 0 bridgehead atoms. The van der Waals surface area contributed by atoms with Gasteiger partial charge in [0.2, 0.25) is 0 Å². The van der Waals surface area contributed by atoms with Crippen molar-refractivity contribution in [3.05, 3.63) is 35.3 Å². The first-order valence-corrected chi connectivity index (χ1v) is 7.14. The van der Waals surface area contributed by atoms with E-state index in [0.717, 1.165) is 12.8 Å². The van der Waals surface area contributed by atoms with Crippen LogP contribution in [0.25, 0.3) is 0 Å². The molecule has 0 saturated carbocycles. The zero-order valence-electron chi connectivity index (χ0n) is 11.9. The van der Waals surface area contributed by atoms with E-state index in [9.17, 15) is 4.79 Å². The SMILES string of the molecule is CCC1CC(=O)C(/C=C/Cl)=C(/C=C/OCCCOC)O1. The maximum atomic E-state index is 12.0. The van der Waals surface area contributed by atoms with Gasteiger partial charge in [0.1, 0.15) is 11.9 Å². The van der Waals surface area contributed by atoms with Crippen molar-refractivity contribution >= 4 is 17.4 Å². The fourth-order valence-electron chi connectivity index (χ4n) is 1.80. The van der Waals surface area contributed by atoms with Gasteiger partial charge in [-0.15, -0.1) is 0 Å². The first kappa shape index (κ1) is 16.8. The van der Waals surface area contributed by atoms with Crippen LogP contribution in [0, 0.1) is 0 Å². The van der Waals surface area contributed by atoms with Crippen molar-refractivity contribution in [1.29, 1.82) is 0 Å². The normalized spacial score (nSPS) is 19.9. The maximum absolute atomic E-state index is 12.0. The molecule has 0 aromatic carbocycles. The molecule has 0 spiro atoms. The number of carbonyl (C=O) groups is 1. The Morgan fingerprint density at radius 1 is 1.40 bits per heavy atom. The number of halogens is 1. The minimum Gasteiger partial charge on any atom is -0.501 e. The summed E-state index contributed by atoms with van der Waals surface area (Å²) in [5, 5.41) is 0. The average Bonchev–Trinajstić information content (AvgIpc) is 2.45. The molecule has 0 aromatic heterocycles. The van der Waals surface area contributed by atoms with Crippen molar-refractivity contribution in [1.82, 2.24) is 0 Å². The number of rotatable bonds is 8. The molecule has 0 aromatic rings. The van der Waals surface area contributed by atoms with Crippen LogP contribution < -0.4 is 0 Å². The highest BCUT2D eigenvalue weighted by Gasteiger charge is 2.25. The monoisotopic (exact) mass is 300 g/mol. The van der Waals surface area contributed by atoms with E-state index in [-0.39, 0.29) is 11.9 Å². The van der Waals surface area contributed by atoms with Gasteiger partial charge in [-0.2, -0.15) is 0 Å². The standard InChI is InChI=1S/C15H21ClO4/c1-3-12-11-14(17)13(5-7-16)15(20-12)6-10-19-9-4-8-18-2/h5-7,10,12H,3-4,8-9,11H2,1-2H3/b7-5+,10-6+.